The molecule has 0 saturated heterocycles. The van der Waals surface area contributed by atoms with E-state index < -0.39 is 0 Å². The number of hydrogen-bond donors (Lipinski definition) is 1. The fourth-order valence-corrected chi connectivity index (χ4v) is 1.69. The van der Waals surface area contributed by atoms with Gasteiger partial charge in [-0.1, -0.05) is 17.7 Å². The Morgan fingerprint density at radius 1 is 1.00 bits per heavy atom. The number of phenols is 1. The van der Waals surface area contributed by atoms with Gasteiger partial charge in [0, 0.05) is 5.56 Å². The second-order valence-corrected chi connectivity index (χ2v) is 3.98. The highest BCUT2D eigenvalue weighted by molar-refractivity contribution is 5.71. The summed E-state index contributed by atoms with van der Waals surface area (Å²) >= 11 is 0. The van der Waals surface area contributed by atoms with E-state index in [0.29, 0.717) is 5.56 Å². The van der Waals surface area contributed by atoms with Crippen molar-refractivity contribution in [2.75, 3.05) is 0 Å². The Morgan fingerprint density at radius 2 is 1.75 bits per heavy atom. The summed E-state index contributed by atoms with van der Waals surface area (Å²) in [5, 5.41) is 9.75. The molecule has 0 aliphatic carbocycles. The van der Waals surface area contributed by atoms with Crippen molar-refractivity contribution in [3.05, 3.63) is 53.3 Å². The number of aromatic hydroxyl groups is 1. The fraction of sp³-hybridized carbons (Fsp3) is 0.143. The van der Waals surface area contributed by atoms with Gasteiger partial charge in [-0.2, -0.15) is 0 Å². The summed E-state index contributed by atoms with van der Waals surface area (Å²) in [6.45, 7) is 3.67. The minimum atomic E-state index is -0.226. The van der Waals surface area contributed by atoms with Crippen LogP contribution in [0.2, 0.25) is 0 Å². The molecule has 0 radical (unpaired) electrons. The molecule has 0 atom stereocenters. The van der Waals surface area contributed by atoms with Gasteiger partial charge >= 0.3 is 0 Å². The molecule has 0 fully saturated rings. The van der Waals surface area contributed by atoms with Crippen molar-refractivity contribution in [1.82, 2.24) is 0 Å². The van der Waals surface area contributed by atoms with Gasteiger partial charge in [0.2, 0.25) is 0 Å². The summed E-state index contributed by atoms with van der Waals surface area (Å²) in [7, 11) is 0. The van der Waals surface area contributed by atoms with E-state index in [9.17, 15) is 9.50 Å². The van der Waals surface area contributed by atoms with Crippen molar-refractivity contribution < 1.29 is 9.50 Å². The Hall–Kier alpha value is -1.83. The van der Waals surface area contributed by atoms with Crippen LogP contribution >= 0.6 is 0 Å². The Balaban J connectivity index is 2.58. The van der Waals surface area contributed by atoms with Gasteiger partial charge in [-0.15, -0.1) is 0 Å². The predicted molar refractivity (Wildman–Crippen MR) is 63.0 cm³/mol. The van der Waals surface area contributed by atoms with Crippen molar-refractivity contribution in [2.24, 2.45) is 0 Å². The van der Waals surface area contributed by atoms with Crippen LogP contribution in [0.15, 0.2) is 36.4 Å². The molecule has 0 aliphatic heterocycles. The SMILES string of the molecule is Cc1ccc(O)c(-c2ccc(F)c(C)c2)c1. The van der Waals surface area contributed by atoms with E-state index in [2.05, 4.69) is 0 Å². The first-order chi connectivity index (χ1) is 7.58. The van der Waals surface area contributed by atoms with E-state index in [1.165, 1.54) is 6.07 Å². The second kappa shape index (κ2) is 3.97. The van der Waals surface area contributed by atoms with Gasteiger partial charge in [-0.3, -0.25) is 0 Å². The molecule has 2 rings (SSSR count). The zero-order valence-corrected chi connectivity index (χ0v) is 9.29. The van der Waals surface area contributed by atoms with Crippen LogP contribution in [-0.4, -0.2) is 5.11 Å². The Morgan fingerprint density at radius 3 is 2.44 bits per heavy atom. The van der Waals surface area contributed by atoms with Gasteiger partial charge in [-0.05, 0) is 49.2 Å². The van der Waals surface area contributed by atoms with Crippen molar-refractivity contribution >= 4 is 0 Å². The molecule has 2 heteroatoms. The number of rotatable bonds is 1. The second-order valence-electron chi connectivity index (χ2n) is 3.98. The molecular weight excluding hydrogens is 203 g/mol. The average molecular weight is 216 g/mol. The Labute approximate surface area is 94.2 Å². The lowest BCUT2D eigenvalue weighted by molar-refractivity contribution is 0.477. The number of benzene rings is 2. The van der Waals surface area contributed by atoms with Crippen LogP contribution in [0.3, 0.4) is 0 Å². The van der Waals surface area contributed by atoms with Crippen LogP contribution < -0.4 is 0 Å². The first-order valence-corrected chi connectivity index (χ1v) is 5.14. The third kappa shape index (κ3) is 1.91. The first kappa shape index (κ1) is 10.7. The van der Waals surface area contributed by atoms with E-state index in [0.717, 1.165) is 16.7 Å². The van der Waals surface area contributed by atoms with Gasteiger partial charge in [0.25, 0.3) is 0 Å². The normalized spacial score (nSPS) is 10.4. The molecule has 0 aromatic heterocycles. The predicted octanol–water partition coefficient (Wildman–Crippen LogP) is 3.82. The molecule has 0 unspecified atom stereocenters. The lowest BCUT2D eigenvalue weighted by atomic mass is 10.0. The summed E-state index contributed by atoms with van der Waals surface area (Å²) in [5.41, 5.74) is 3.22. The van der Waals surface area contributed by atoms with Crippen LogP contribution in [0.5, 0.6) is 5.75 Å². The van der Waals surface area contributed by atoms with E-state index in [4.69, 9.17) is 0 Å². The number of phenolic OH excluding ortho intramolecular Hbond substituents is 1. The zero-order chi connectivity index (χ0) is 11.7. The molecule has 0 aliphatic rings. The molecular formula is C14H13FO. The number of hydrogen-bond acceptors (Lipinski definition) is 1. The summed E-state index contributed by atoms with van der Waals surface area (Å²) in [5.74, 6) is -0.00694. The monoisotopic (exact) mass is 216 g/mol. The molecule has 2 aromatic carbocycles. The molecule has 1 nitrogen and oxygen atoms in total. The standard InChI is InChI=1S/C14H13FO/c1-9-3-6-14(16)12(7-9)11-4-5-13(15)10(2)8-11/h3-8,16H,1-2H3. The highest BCUT2D eigenvalue weighted by Crippen LogP contribution is 2.30. The molecule has 0 saturated carbocycles. The molecule has 1 N–H and O–H groups in total. The smallest absolute Gasteiger partial charge is 0.126 e. The molecule has 2 aromatic rings. The van der Waals surface area contributed by atoms with E-state index in [1.807, 2.05) is 19.1 Å². The van der Waals surface area contributed by atoms with Gasteiger partial charge in [-0.25, -0.2) is 4.39 Å². The minimum Gasteiger partial charge on any atom is -0.507 e. The first-order valence-electron chi connectivity index (χ1n) is 5.14. The Kier molecular flexibility index (Phi) is 2.65. The third-order valence-electron chi connectivity index (χ3n) is 2.62. The third-order valence-corrected chi connectivity index (χ3v) is 2.62. The molecule has 16 heavy (non-hydrogen) atoms. The van der Waals surface area contributed by atoms with Gasteiger partial charge in [0.1, 0.15) is 11.6 Å². The Bertz CT molecular complexity index is 532. The average Bonchev–Trinajstić information content (AvgIpc) is 2.26. The van der Waals surface area contributed by atoms with Crippen LogP contribution in [0.1, 0.15) is 11.1 Å². The minimum absolute atomic E-state index is 0.219. The van der Waals surface area contributed by atoms with Gasteiger partial charge in [0.05, 0.1) is 0 Å². The molecule has 82 valence electrons. The quantitative estimate of drug-likeness (QED) is 0.768. The summed E-state index contributed by atoms with van der Waals surface area (Å²) in [6, 6.07) is 10.2. The maximum Gasteiger partial charge on any atom is 0.126 e. The number of halogens is 1. The summed E-state index contributed by atoms with van der Waals surface area (Å²) in [6.07, 6.45) is 0. The summed E-state index contributed by atoms with van der Waals surface area (Å²) in [4.78, 5) is 0. The van der Waals surface area contributed by atoms with Gasteiger partial charge in [0.15, 0.2) is 0 Å². The topological polar surface area (TPSA) is 20.2 Å². The number of aryl methyl sites for hydroxylation is 2. The van der Waals surface area contributed by atoms with E-state index in [1.54, 1.807) is 25.1 Å². The lowest BCUT2D eigenvalue weighted by Crippen LogP contribution is -1.85. The highest BCUT2D eigenvalue weighted by atomic mass is 19.1. The lowest BCUT2D eigenvalue weighted by Gasteiger charge is -2.07. The van der Waals surface area contributed by atoms with Crippen molar-refractivity contribution in [1.29, 1.82) is 0 Å². The molecule has 0 amide bonds. The largest absolute Gasteiger partial charge is 0.507 e. The highest BCUT2D eigenvalue weighted by Gasteiger charge is 2.06. The van der Waals surface area contributed by atoms with Crippen LogP contribution in [0, 0.1) is 19.7 Å². The maximum atomic E-state index is 13.1. The van der Waals surface area contributed by atoms with Crippen molar-refractivity contribution in [3.8, 4) is 16.9 Å². The van der Waals surface area contributed by atoms with E-state index in [-0.39, 0.29) is 11.6 Å². The maximum absolute atomic E-state index is 13.1. The molecule has 0 bridgehead atoms. The fourth-order valence-electron chi connectivity index (χ4n) is 1.69. The molecule has 0 heterocycles. The molecule has 0 spiro atoms. The summed E-state index contributed by atoms with van der Waals surface area (Å²) < 4.78 is 13.1. The zero-order valence-electron chi connectivity index (χ0n) is 9.29. The van der Waals surface area contributed by atoms with E-state index >= 15 is 0 Å². The van der Waals surface area contributed by atoms with Crippen LogP contribution in [-0.2, 0) is 0 Å². The van der Waals surface area contributed by atoms with Crippen LogP contribution in [0.25, 0.3) is 11.1 Å². The van der Waals surface area contributed by atoms with Crippen molar-refractivity contribution in [3.63, 3.8) is 0 Å². The van der Waals surface area contributed by atoms with Crippen molar-refractivity contribution in [2.45, 2.75) is 13.8 Å². The van der Waals surface area contributed by atoms with Gasteiger partial charge < -0.3 is 5.11 Å². The van der Waals surface area contributed by atoms with Crippen LogP contribution in [0.4, 0.5) is 4.39 Å².